The van der Waals surface area contributed by atoms with Crippen LogP contribution in [0.15, 0.2) is 36.7 Å². The molecule has 0 atom stereocenters. The van der Waals surface area contributed by atoms with Gasteiger partial charge in [0, 0.05) is 63.0 Å². The minimum atomic E-state index is -0.153. The fourth-order valence-electron chi connectivity index (χ4n) is 3.62. The standard InChI is InChI=1S/C21H28N6O2/c28-20(22-7-10-26-11-13-29-14-12-26)17-15-23-21(24-16-17)25-18-3-5-19(6-4-18)27-8-1-2-9-27/h3-6,15-16H,1-2,7-14H2,(H,22,28)(H,23,24,25). The van der Waals surface area contributed by atoms with Gasteiger partial charge in [-0.05, 0) is 37.1 Å². The summed E-state index contributed by atoms with van der Waals surface area (Å²) in [6, 6.07) is 8.29. The first-order chi connectivity index (χ1) is 14.3. The van der Waals surface area contributed by atoms with E-state index >= 15 is 0 Å². The fourth-order valence-corrected chi connectivity index (χ4v) is 3.62. The van der Waals surface area contributed by atoms with Crippen LogP contribution >= 0.6 is 0 Å². The summed E-state index contributed by atoms with van der Waals surface area (Å²) >= 11 is 0. The lowest BCUT2D eigenvalue weighted by molar-refractivity contribution is 0.0383. The Balaban J connectivity index is 1.25. The first-order valence-electron chi connectivity index (χ1n) is 10.3. The summed E-state index contributed by atoms with van der Waals surface area (Å²) in [7, 11) is 0. The van der Waals surface area contributed by atoms with Gasteiger partial charge in [-0.25, -0.2) is 9.97 Å². The zero-order valence-corrected chi connectivity index (χ0v) is 16.6. The molecule has 2 saturated heterocycles. The Labute approximate surface area is 171 Å². The summed E-state index contributed by atoms with van der Waals surface area (Å²) in [5.74, 6) is 0.323. The molecule has 0 aliphatic carbocycles. The van der Waals surface area contributed by atoms with Crippen LogP contribution in [-0.2, 0) is 4.74 Å². The van der Waals surface area contributed by atoms with Gasteiger partial charge in [0.25, 0.3) is 5.91 Å². The minimum Gasteiger partial charge on any atom is -0.379 e. The molecule has 2 fully saturated rings. The third-order valence-electron chi connectivity index (χ3n) is 5.33. The van der Waals surface area contributed by atoms with Crippen molar-refractivity contribution in [2.45, 2.75) is 12.8 Å². The van der Waals surface area contributed by atoms with Crippen molar-refractivity contribution in [3.05, 3.63) is 42.2 Å². The van der Waals surface area contributed by atoms with Crippen LogP contribution in [0.3, 0.4) is 0 Å². The number of carbonyl (C=O) groups excluding carboxylic acids is 1. The quantitative estimate of drug-likeness (QED) is 0.739. The van der Waals surface area contributed by atoms with Gasteiger partial charge < -0.3 is 20.3 Å². The maximum Gasteiger partial charge on any atom is 0.254 e. The molecule has 8 nitrogen and oxygen atoms in total. The molecule has 0 unspecified atom stereocenters. The van der Waals surface area contributed by atoms with Crippen LogP contribution in [0, 0.1) is 0 Å². The topological polar surface area (TPSA) is 82.6 Å². The smallest absolute Gasteiger partial charge is 0.254 e. The van der Waals surface area contributed by atoms with Crippen LogP contribution in [0.1, 0.15) is 23.2 Å². The highest BCUT2D eigenvalue weighted by atomic mass is 16.5. The summed E-state index contributed by atoms with van der Waals surface area (Å²) in [6.07, 6.45) is 5.64. The molecule has 0 saturated carbocycles. The number of morpholine rings is 1. The van der Waals surface area contributed by atoms with Gasteiger partial charge in [0.2, 0.25) is 5.95 Å². The summed E-state index contributed by atoms with van der Waals surface area (Å²) in [4.78, 5) is 25.5. The third-order valence-corrected chi connectivity index (χ3v) is 5.33. The van der Waals surface area contributed by atoms with Crippen molar-refractivity contribution >= 4 is 23.2 Å². The predicted molar refractivity (Wildman–Crippen MR) is 113 cm³/mol. The lowest BCUT2D eigenvalue weighted by Crippen LogP contribution is -2.41. The lowest BCUT2D eigenvalue weighted by Gasteiger charge is -2.26. The van der Waals surface area contributed by atoms with Crippen molar-refractivity contribution < 1.29 is 9.53 Å². The molecule has 2 N–H and O–H groups in total. The van der Waals surface area contributed by atoms with E-state index in [9.17, 15) is 4.79 Å². The Morgan fingerprint density at radius 1 is 1.00 bits per heavy atom. The number of nitrogens with zero attached hydrogens (tertiary/aromatic N) is 4. The van der Waals surface area contributed by atoms with Crippen molar-refractivity contribution in [2.24, 2.45) is 0 Å². The van der Waals surface area contributed by atoms with Crippen molar-refractivity contribution in [1.29, 1.82) is 0 Å². The fraction of sp³-hybridized carbons (Fsp3) is 0.476. The molecule has 154 valence electrons. The number of carbonyl (C=O) groups is 1. The van der Waals surface area contributed by atoms with Gasteiger partial charge in [-0.2, -0.15) is 0 Å². The highest BCUT2D eigenvalue weighted by molar-refractivity contribution is 5.93. The molecule has 0 radical (unpaired) electrons. The molecule has 0 bridgehead atoms. The van der Waals surface area contributed by atoms with E-state index in [2.05, 4.69) is 42.5 Å². The predicted octanol–water partition coefficient (Wildman–Crippen LogP) is 1.88. The second-order valence-corrected chi connectivity index (χ2v) is 7.37. The molecular weight excluding hydrogens is 368 g/mol. The van der Waals surface area contributed by atoms with Crippen LogP contribution in [0.25, 0.3) is 0 Å². The van der Waals surface area contributed by atoms with E-state index in [1.807, 2.05) is 12.1 Å². The first-order valence-corrected chi connectivity index (χ1v) is 10.3. The summed E-state index contributed by atoms with van der Waals surface area (Å²) in [5, 5.41) is 6.10. The zero-order valence-electron chi connectivity index (χ0n) is 16.6. The van der Waals surface area contributed by atoms with E-state index in [1.165, 1.54) is 18.5 Å². The van der Waals surface area contributed by atoms with Crippen molar-refractivity contribution in [3.63, 3.8) is 0 Å². The molecule has 4 rings (SSSR count). The van der Waals surface area contributed by atoms with Gasteiger partial charge in [0.05, 0.1) is 18.8 Å². The van der Waals surface area contributed by atoms with Gasteiger partial charge in [-0.3, -0.25) is 9.69 Å². The summed E-state index contributed by atoms with van der Waals surface area (Å²) < 4.78 is 5.33. The van der Waals surface area contributed by atoms with E-state index in [0.29, 0.717) is 18.1 Å². The Morgan fingerprint density at radius 3 is 2.38 bits per heavy atom. The van der Waals surface area contributed by atoms with E-state index in [-0.39, 0.29) is 5.91 Å². The molecule has 1 amide bonds. The second-order valence-electron chi connectivity index (χ2n) is 7.37. The SMILES string of the molecule is O=C(NCCN1CCOCC1)c1cnc(Nc2ccc(N3CCCC3)cc2)nc1. The minimum absolute atomic E-state index is 0.153. The number of nitrogens with one attached hydrogen (secondary N) is 2. The van der Waals surface area contributed by atoms with E-state index < -0.39 is 0 Å². The Kier molecular flexibility index (Phi) is 6.53. The highest BCUT2D eigenvalue weighted by Gasteiger charge is 2.13. The van der Waals surface area contributed by atoms with Gasteiger partial charge >= 0.3 is 0 Å². The van der Waals surface area contributed by atoms with Gasteiger partial charge in [0.15, 0.2) is 0 Å². The third kappa shape index (κ3) is 5.42. The number of anilines is 3. The van der Waals surface area contributed by atoms with Crippen molar-refractivity contribution in [1.82, 2.24) is 20.2 Å². The van der Waals surface area contributed by atoms with Crippen LogP contribution < -0.4 is 15.5 Å². The molecule has 1 aromatic carbocycles. The van der Waals surface area contributed by atoms with Crippen LogP contribution in [0.2, 0.25) is 0 Å². The summed E-state index contributed by atoms with van der Waals surface area (Å²) in [5.41, 5.74) is 2.63. The van der Waals surface area contributed by atoms with Gasteiger partial charge in [0.1, 0.15) is 0 Å². The number of rotatable bonds is 7. The average molecular weight is 396 g/mol. The van der Waals surface area contributed by atoms with Crippen LogP contribution in [-0.4, -0.2) is 73.3 Å². The van der Waals surface area contributed by atoms with Crippen molar-refractivity contribution in [3.8, 4) is 0 Å². The second kappa shape index (κ2) is 9.67. The van der Waals surface area contributed by atoms with Crippen LogP contribution in [0.4, 0.5) is 17.3 Å². The molecule has 1 aromatic heterocycles. The Morgan fingerprint density at radius 2 is 1.69 bits per heavy atom. The Bertz CT molecular complexity index is 784. The number of aromatic nitrogens is 2. The summed E-state index contributed by atoms with van der Waals surface area (Å²) in [6.45, 7) is 7.04. The maximum atomic E-state index is 12.3. The molecule has 3 heterocycles. The molecule has 2 aromatic rings. The normalized spacial score (nSPS) is 17.3. The zero-order chi connectivity index (χ0) is 19.9. The molecular formula is C21H28N6O2. The molecule has 29 heavy (non-hydrogen) atoms. The Hall–Kier alpha value is -2.71. The number of ether oxygens (including phenoxy) is 1. The molecule has 8 heteroatoms. The highest BCUT2D eigenvalue weighted by Crippen LogP contribution is 2.23. The van der Waals surface area contributed by atoms with Gasteiger partial charge in [-0.1, -0.05) is 0 Å². The van der Waals surface area contributed by atoms with Crippen LogP contribution in [0.5, 0.6) is 0 Å². The maximum absolute atomic E-state index is 12.3. The number of amides is 1. The molecule has 2 aliphatic rings. The average Bonchev–Trinajstić information content (AvgIpc) is 3.30. The number of hydrogen-bond donors (Lipinski definition) is 2. The largest absolute Gasteiger partial charge is 0.379 e. The molecule has 2 aliphatic heterocycles. The van der Waals surface area contributed by atoms with E-state index in [1.54, 1.807) is 12.4 Å². The van der Waals surface area contributed by atoms with Gasteiger partial charge in [-0.15, -0.1) is 0 Å². The first kappa shape index (κ1) is 19.6. The monoisotopic (exact) mass is 396 g/mol. The molecule has 0 spiro atoms. The lowest BCUT2D eigenvalue weighted by atomic mass is 10.2. The van der Waals surface area contributed by atoms with Crippen molar-refractivity contribution in [2.75, 3.05) is 62.7 Å². The van der Waals surface area contributed by atoms with E-state index in [4.69, 9.17) is 4.74 Å². The van der Waals surface area contributed by atoms with E-state index in [0.717, 1.165) is 51.6 Å². The number of hydrogen-bond acceptors (Lipinski definition) is 7. The number of benzene rings is 1.